The van der Waals surface area contributed by atoms with Crippen LogP contribution < -0.4 is 10.1 Å². The molecule has 0 aliphatic carbocycles. The quantitative estimate of drug-likeness (QED) is 0.780. The molecule has 2 atom stereocenters. The first-order chi connectivity index (χ1) is 12.4. The van der Waals surface area contributed by atoms with Crippen molar-refractivity contribution in [3.63, 3.8) is 0 Å². The number of carbonyl (C=O) groups excluding carboxylic acids is 3. The molecule has 2 rings (SSSR count). The Bertz CT molecular complexity index is 634. The molecule has 7 heteroatoms. The Morgan fingerprint density at radius 1 is 1.12 bits per heavy atom. The SMILES string of the molecule is COc1ccc(C(=O)NCC(=O)OCC(=O)N2[C@H](C)CCC[C@H]2C)cc1. The van der Waals surface area contributed by atoms with Gasteiger partial charge in [-0.2, -0.15) is 0 Å². The summed E-state index contributed by atoms with van der Waals surface area (Å²) in [5.41, 5.74) is 0.408. The highest BCUT2D eigenvalue weighted by Gasteiger charge is 2.29. The standard InChI is InChI=1S/C19H26N2O5/c1-13-5-4-6-14(2)21(13)17(22)12-26-18(23)11-20-19(24)15-7-9-16(25-3)10-8-15/h7-10,13-14H,4-6,11-12H2,1-3H3,(H,20,24)/t13-,14-/m1/s1. The summed E-state index contributed by atoms with van der Waals surface area (Å²) in [6, 6.07) is 6.82. The number of methoxy groups -OCH3 is 1. The van der Waals surface area contributed by atoms with E-state index in [4.69, 9.17) is 9.47 Å². The monoisotopic (exact) mass is 362 g/mol. The summed E-state index contributed by atoms with van der Waals surface area (Å²) in [4.78, 5) is 37.9. The Balaban J connectivity index is 1.75. The van der Waals surface area contributed by atoms with Gasteiger partial charge in [0.1, 0.15) is 12.3 Å². The van der Waals surface area contributed by atoms with Gasteiger partial charge >= 0.3 is 5.97 Å². The molecule has 0 spiro atoms. The van der Waals surface area contributed by atoms with Crippen LogP contribution in [0.5, 0.6) is 5.75 Å². The Morgan fingerprint density at radius 2 is 1.73 bits per heavy atom. The van der Waals surface area contributed by atoms with E-state index in [1.165, 1.54) is 7.11 Å². The molecule has 1 aliphatic rings. The molecule has 1 N–H and O–H groups in total. The zero-order valence-corrected chi connectivity index (χ0v) is 15.5. The zero-order chi connectivity index (χ0) is 19.1. The van der Waals surface area contributed by atoms with Gasteiger partial charge in [0.05, 0.1) is 7.11 Å². The second-order valence-electron chi connectivity index (χ2n) is 6.50. The second-order valence-corrected chi connectivity index (χ2v) is 6.50. The van der Waals surface area contributed by atoms with Gasteiger partial charge in [-0.3, -0.25) is 14.4 Å². The molecule has 0 radical (unpaired) electrons. The van der Waals surface area contributed by atoms with Crippen molar-refractivity contribution < 1.29 is 23.9 Å². The highest BCUT2D eigenvalue weighted by Crippen LogP contribution is 2.22. The number of piperidine rings is 1. The van der Waals surface area contributed by atoms with Crippen molar-refractivity contribution in [3.8, 4) is 5.75 Å². The maximum absolute atomic E-state index is 12.3. The Morgan fingerprint density at radius 3 is 2.31 bits per heavy atom. The van der Waals surface area contributed by atoms with Crippen LogP contribution >= 0.6 is 0 Å². The predicted molar refractivity (Wildman–Crippen MR) is 95.9 cm³/mol. The lowest BCUT2D eigenvalue weighted by Gasteiger charge is -2.38. The van der Waals surface area contributed by atoms with Gasteiger partial charge in [-0.15, -0.1) is 0 Å². The van der Waals surface area contributed by atoms with Crippen LogP contribution in [0.1, 0.15) is 43.5 Å². The van der Waals surface area contributed by atoms with Crippen LogP contribution in [0.3, 0.4) is 0 Å². The molecule has 26 heavy (non-hydrogen) atoms. The molecule has 0 unspecified atom stereocenters. The average molecular weight is 362 g/mol. The van der Waals surface area contributed by atoms with Crippen molar-refractivity contribution in [2.75, 3.05) is 20.3 Å². The van der Waals surface area contributed by atoms with Gasteiger partial charge < -0.3 is 19.7 Å². The van der Waals surface area contributed by atoms with Gasteiger partial charge in [0.25, 0.3) is 11.8 Å². The fraction of sp³-hybridized carbons (Fsp3) is 0.526. The minimum absolute atomic E-state index is 0.153. The van der Waals surface area contributed by atoms with Gasteiger partial charge in [0, 0.05) is 17.6 Å². The van der Waals surface area contributed by atoms with Crippen molar-refractivity contribution in [1.29, 1.82) is 0 Å². The van der Waals surface area contributed by atoms with Crippen molar-refractivity contribution in [2.24, 2.45) is 0 Å². The van der Waals surface area contributed by atoms with Crippen LogP contribution in [0.25, 0.3) is 0 Å². The van der Waals surface area contributed by atoms with Crippen molar-refractivity contribution in [2.45, 2.75) is 45.2 Å². The molecular formula is C19H26N2O5. The summed E-state index contributed by atoms with van der Waals surface area (Å²) in [7, 11) is 1.54. The predicted octanol–water partition coefficient (Wildman–Crippen LogP) is 1.76. The van der Waals surface area contributed by atoms with Crippen molar-refractivity contribution in [3.05, 3.63) is 29.8 Å². The lowest BCUT2D eigenvalue weighted by molar-refractivity contribution is -0.154. The third-order valence-electron chi connectivity index (χ3n) is 4.58. The number of hydrogen-bond acceptors (Lipinski definition) is 5. The first-order valence-corrected chi connectivity index (χ1v) is 8.81. The summed E-state index contributed by atoms with van der Waals surface area (Å²) in [6.07, 6.45) is 3.02. The molecule has 0 saturated carbocycles. The van der Waals surface area contributed by atoms with E-state index in [0.717, 1.165) is 19.3 Å². The van der Waals surface area contributed by atoms with E-state index in [9.17, 15) is 14.4 Å². The zero-order valence-electron chi connectivity index (χ0n) is 15.5. The fourth-order valence-corrected chi connectivity index (χ4v) is 3.18. The van der Waals surface area contributed by atoms with Crippen LogP contribution in [0.4, 0.5) is 0 Å². The van der Waals surface area contributed by atoms with E-state index in [1.54, 1.807) is 29.2 Å². The van der Waals surface area contributed by atoms with Crippen molar-refractivity contribution >= 4 is 17.8 Å². The maximum atomic E-state index is 12.3. The second kappa shape index (κ2) is 9.22. The smallest absolute Gasteiger partial charge is 0.325 e. The molecule has 1 saturated heterocycles. The molecule has 142 valence electrons. The lowest BCUT2D eigenvalue weighted by Crippen LogP contribution is -2.49. The van der Waals surface area contributed by atoms with Crippen LogP contribution in [0.2, 0.25) is 0 Å². The first-order valence-electron chi connectivity index (χ1n) is 8.81. The van der Waals surface area contributed by atoms with Gasteiger partial charge in [-0.25, -0.2) is 0 Å². The summed E-state index contributed by atoms with van der Waals surface area (Å²) in [6.45, 7) is 3.42. The van der Waals surface area contributed by atoms with E-state index in [1.807, 2.05) is 13.8 Å². The number of amides is 2. The van der Waals surface area contributed by atoms with E-state index >= 15 is 0 Å². The fourth-order valence-electron chi connectivity index (χ4n) is 3.18. The number of benzene rings is 1. The molecule has 7 nitrogen and oxygen atoms in total. The minimum atomic E-state index is -0.641. The molecule has 1 heterocycles. The van der Waals surface area contributed by atoms with Gasteiger partial charge in [0.15, 0.2) is 6.61 Å². The highest BCUT2D eigenvalue weighted by atomic mass is 16.5. The summed E-state index contributed by atoms with van der Waals surface area (Å²) in [5.74, 6) is -0.591. The minimum Gasteiger partial charge on any atom is -0.497 e. The van der Waals surface area contributed by atoms with E-state index in [2.05, 4.69) is 5.32 Å². The summed E-state index contributed by atoms with van der Waals surface area (Å²) < 4.78 is 10.0. The topological polar surface area (TPSA) is 84.9 Å². The summed E-state index contributed by atoms with van der Waals surface area (Å²) in [5, 5.41) is 2.48. The molecule has 2 amide bonds. The number of likely N-dealkylation sites (tertiary alicyclic amines) is 1. The van der Waals surface area contributed by atoms with E-state index in [0.29, 0.717) is 11.3 Å². The molecule has 1 aliphatic heterocycles. The average Bonchev–Trinajstić information content (AvgIpc) is 2.64. The molecule has 0 bridgehead atoms. The Labute approximate surface area is 153 Å². The molecule has 0 aromatic heterocycles. The first kappa shape index (κ1) is 19.8. The molecule has 1 fully saturated rings. The summed E-state index contributed by atoms with van der Waals surface area (Å²) >= 11 is 0. The number of carbonyl (C=O) groups is 3. The van der Waals surface area contributed by atoms with Gasteiger partial charge in [-0.05, 0) is 57.4 Å². The van der Waals surface area contributed by atoms with Crippen LogP contribution in [-0.4, -0.2) is 55.0 Å². The number of nitrogens with zero attached hydrogens (tertiary/aromatic N) is 1. The van der Waals surface area contributed by atoms with Gasteiger partial charge in [-0.1, -0.05) is 0 Å². The largest absolute Gasteiger partial charge is 0.497 e. The normalized spacial score (nSPS) is 19.6. The van der Waals surface area contributed by atoms with Crippen LogP contribution in [0, 0.1) is 0 Å². The third kappa shape index (κ3) is 5.21. The number of hydrogen-bond donors (Lipinski definition) is 1. The number of ether oxygens (including phenoxy) is 2. The van der Waals surface area contributed by atoms with Crippen LogP contribution in [0.15, 0.2) is 24.3 Å². The maximum Gasteiger partial charge on any atom is 0.325 e. The van der Waals surface area contributed by atoms with Crippen LogP contribution in [-0.2, 0) is 14.3 Å². The van der Waals surface area contributed by atoms with E-state index in [-0.39, 0.29) is 31.1 Å². The number of nitrogens with one attached hydrogen (secondary N) is 1. The lowest BCUT2D eigenvalue weighted by atomic mass is 9.97. The Kier molecular flexibility index (Phi) is 7.00. The molecule has 1 aromatic carbocycles. The molecular weight excluding hydrogens is 336 g/mol. The highest BCUT2D eigenvalue weighted by molar-refractivity contribution is 5.96. The third-order valence-corrected chi connectivity index (χ3v) is 4.58. The van der Waals surface area contributed by atoms with Crippen molar-refractivity contribution in [1.82, 2.24) is 10.2 Å². The molecule has 1 aromatic rings. The Hall–Kier alpha value is -2.57. The van der Waals surface area contributed by atoms with Gasteiger partial charge in [0.2, 0.25) is 0 Å². The number of esters is 1. The number of rotatable bonds is 6. The van der Waals surface area contributed by atoms with E-state index < -0.39 is 11.9 Å².